The molecule has 0 aliphatic carbocycles. The van der Waals surface area contributed by atoms with E-state index < -0.39 is 5.82 Å². The van der Waals surface area contributed by atoms with Gasteiger partial charge in [0.2, 0.25) is 0 Å². The lowest BCUT2D eigenvalue weighted by Gasteiger charge is -2.38. The molecule has 3 aromatic rings. The van der Waals surface area contributed by atoms with Crippen molar-refractivity contribution in [1.29, 1.82) is 5.26 Å². The van der Waals surface area contributed by atoms with E-state index in [-0.39, 0.29) is 23.0 Å². The van der Waals surface area contributed by atoms with E-state index in [0.717, 1.165) is 25.1 Å². The van der Waals surface area contributed by atoms with Crippen LogP contribution in [0.25, 0.3) is 10.9 Å². The number of nitrogens with zero attached hydrogens (tertiary/aromatic N) is 2. The molecule has 1 saturated heterocycles. The van der Waals surface area contributed by atoms with Gasteiger partial charge >= 0.3 is 0 Å². The maximum Gasteiger partial charge on any atom is 0.253 e. The van der Waals surface area contributed by atoms with E-state index in [4.69, 9.17) is 5.26 Å². The number of piperazine rings is 1. The Bertz CT molecular complexity index is 1300. The number of hydrogen-bond acceptors (Lipinski definition) is 5. The van der Waals surface area contributed by atoms with Gasteiger partial charge < -0.3 is 20.5 Å². The molecule has 0 radical (unpaired) electrons. The van der Waals surface area contributed by atoms with E-state index in [1.54, 1.807) is 6.07 Å². The van der Waals surface area contributed by atoms with Gasteiger partial charge in [0.1, 0.15) is 17.7 Å². The first-order valence-corrected chi connectivity index (χ1v) is 10.8. The third-order valence-corrected chi connectivity index (χ3v) is 6.36. The maximum absolute atomic E-state index is 15.2. The van der Waals surface area contributed by atoms with Gasteiger partial charge in [0.15, 0.2) is 0 Å². The summed E-state index contributed by atoms with van der Waals surface area (Å²) in [5.41, 5.74) is 2.99. The summed E-state index contributed by atoms with van der Waals surface area (Å²) in [6.07, 6.45) is 2.01. The van der Waals surface area contributed by atoms with Gasteiger partial charge in [-0.1, -0.05) is 0 Å². The first kappa shape index (κ1) is 20.5. The minimum Gasteiger partial charge on any atom is -0.384 e. The van der Waals surface area contributed by atoms with Gasteiger partial charge in [-0.25, -0.2) is 8.78 Å². The molecule has 3 N–H and O–H groups in total. The monoisotopic (exact) mass is 435 g/mol. The lowest BCUT2D eigenvalue weighted by Crippen LogP contribution is -2.52. The number of pyridine rings is 1. The molecular formula is C24H23F2N5O. The van der Waals surface area contributed by atoms with Gasteiger partial charge in [0, 0.05) is 43.5 Å². The zero-order valence-corrected chi connectivity index (χ0v) is 17.5. The van der Waals surface area contributed by atoms with Crippen LogP contribution in [-0.4, -0.2) is 37.2 Å². The van der Waals surface area contributed by atoms with Crippen molar-refractivity contribution < 1.29 is 8.78 Å². The summed E-state index contributed by atoms with van der Waals surface area (Å²) >= 11 is 0. The molecule has 164 valence electrons. The minimum atomic E-state index is -0.547. The number of halogens is 2. The van der Waals surface area contributed by atoms with E-state index in [1.165, 1.54) is 18.2 Å². The molecule has 0 saturated carbocycles. The molecule has 1 unspecified atom stereocenters. The van der Waals surface area contributed by atoms with Crippen molar-refractivity contribution >= 4 is 22.3 Å². The number of nitrogens with one attached hydrogen (secondary N) is 3. The Kier molecular flexibility index (Phi) is 5.27. The SMILES string of the molecule is N#Cc1ccc(N2CCNCC2Cc2cc(F)c3c4c(c(=O)[nH]c3c2)CCCN4)cc1F. The Morgan fingerprint density at radius 1 is 1.16 bits per heavy atom. The predicted molar refractivity (Wildman–Crippen MR) is 120 cm³/mol. The Morgan fingerprint density at radius 2 is 2.03 bits per heavy atom. The second kappa shape index (κ2) is 8.24. The average Bonchev–Trinajstić information content (AvgIpc) is 2.79. The van der Waals surface area contributed by atoms with Crippen LogP contribution in [0.5, 0.6) is 0 Å². The van der Waals surface area contributed by atoms with E-state index >= 15 is 4.39 Å². The molecule has 2 aliphatic heterocycles. The Hall–Kier alpha value is -3.44. The van der Waals surface area contributed by atoms with Gasteiger partial charge in [-0.15, -0.1) is 0 Å². The van der Waals surface area contributed by atoms with Crippen molar-refractivity contribution in [2.45, 2.75) is 25.3 Å². The fourth-order valence-electron chi connectivity index (χ4n) is 4.84. The molecule has 0 spiro atoms. The van der Waals surface area contributed by atoms with Crippen LogP contribution in [0.2, 0.25) is 0 Å². The third-order valence-electron chi connectivity index (χ3n) is 6.36. The Labute approximate surface area is 183 Å². The summed E-state index contributed by atoms with van der Waals surface area (Å²) in [5, 5.41) is 16.0. The number of hydrogen-bond donors (Lipinski definition) is 3. The first-order valence-electron chi connectivity index (χ1n) is 10.8. The summed E-state index contributed by atoms with van der Waals surface area (Å²) in [4.78, 5) is 17.5. The van der Waals surface area contributed by atoms with E-state index in [1.807, 2.05) is 12.1 Å². The molecule has 5 rings (SSSR count). The lowest BCUT2D eigenvalue weighted by atomic mass is 9.97. The lowest BCUT2D eigenvalue weighted by molar-refractivity contribution is 0.472. The summed E-state index contributed by atoms with van der Waals surface area (Å²) in [7, 11) is 0. The smallest absolute Gasteiger partial charge is 0.253 e. The molecule has 3 heterocycles. The number of H-pyrrole nitrogens is 1. The molecule has 0 bridgehead atoms. The Balaban J connectivity index is 1.49. The number of aromatic nitrogens is 1. The van der Waals surface area contributed by atoms with Crippen LogP contribution in [0.15, 0.2) is 35.1 Å². The number of aromatic amines is 1. The highest BCUT2D eigenvalue weighted by Gasteiger charge is 2.25. The largest absolute Gasteiger partial charge is 0.384 e. The van der Waals surface area contributed by atoms with Crippen LogP contribution in [-0.2, 0) is 12.8 Å². The standard InChI is InChI=1S/C24H23F2N5O/c25-19-11-16(4-3-15(19)12-27)31-7-6-28-13-17(31)8-14-9-20(26)22-21(10-14)30-24(32)18-2-1-5-29-23(18)22/h3-4,9-11,17,28-29H,1-2,5-8,13H2,(H,30,32). The molecule has 2 aromatic carbocycles. The van der Waals surface area contributed by atoms with Crippen molar-refractivity contribution in [2.24, 2.45) is 0 Å². The number of benzene rings is 2. The zero-order chi connectivity index (χ0) is 22.2. The molecule has 0 amide bonds. The fraction of sp³-hybridized carbons (Fsp3) is 0.333. The van der Waals surface area contributed by atoms with Crippen LogP contribution >= 0.6 is 0 Å². The number of rotatable bonds is 3. The van der Waals surface area contributed by atoms with Gasteiger partial charge in [0.25, 0.3) is 5.56 Å². The highest BCUT2D eigenvalue weighted by atomic mass is 19.1. The number of anilines is 2. The van der Waals surface area contributed by atoms with E-state index in [9.17, 15) is 9.18 Å². The van der Waals surface area contributed by atoms with Crippen molar-refractivity contribution in [3.63, 3.8) is 0 Å². The van der Waals surface area contributed by atoms with Crippen LogP contribution in [0.1, 0.15) is 23.1 Å². The average molecular weight is 435 g/mol. The van der Waals surface area contributed by atoms with Crippen LogP contribution in [0.3, 0.4) is 0 Å². The van der Waals surface area contributed by atoms with Crippen molar-refractivity contribution in [3.05, 3.63) is 69.0 Å². The van der Waals surface area contributed by atoms with Crippen molar-refractivity contribution in [3.8, 4) is 6.07 Å². The molecular weight excluding hydrogens is 412 g/mol. The highest BCUT2D eigenvalue weighted by molar-refractivity contribution is 5.94. The van der Waals surface area contributed by atoms with E-state index in [0.29, 0.717) is 53.8 Å². The predicted octanol–water partition coefficient (Wildman–Crippen LogP) is 3.06. The van der Waals surface area contributed by atoms with E-state index in [2.05, 4.69) is 20.5 Å². The molecule has 8 heteroatoms. The molecule has 1 atom stereocenters. The fourth-order valence-corrected chi connectivity index (χ4v) is 4.84. The first-order chi connectivity index (χ1) is 15.5. The number of nitriles is 1. The second-order valence-electron chi connectivity index (χ2n) is 8.37. The normalized spacial score (nSPS) is 18.2. The molecule has 2 aliphatic rings. The van der Waals surface area contributed by atoms with Crippen molar-refractivity contribution in [1.82, 2.24) is 10.3 Å². The Morgan fingerprint density at radius 3 is 2.84 bits per heavy atom. The summed E-state index contributed by atoms with van der Waals surface area (Å²) in [6, 6.07) is 9.79. The van der Waals surface area contributed by atoms with Crippen LogP contribution < -0.4 is 21.1 Å². The van der Waals surface area contributed by atoms with Crippen LogP contribution in [0.4, 0.5) is 20.2 Å². The van der Waals surface area contributed by atoms with Gasteiger partial charge in [0.05, 0.1) is 22.2 Å². The van der Waals surface area contributed by atoms with Gasteiger partial charge in [-0.3, -0.25) is 4.79 Å². The zero-order valence-electron chi connectivity index (χ0n) is 17.5. The third kappa shape index (κ3) is 3.59. The van der Waals surface area contributed by atoms with Gasteiger partial charge in [-0.2, -0.15) is 5.26 Å². The quantitative estimate of drug-likeness (QED) is 0.589. The minimum absolute atomic E-state index is 0.0120. The maximum atomic E-state index is 15.2. The topological polar surface area (TPSA) is 84.0 Å². The second-order valence-corrected chi connectivity index (χ2v) is 8.37. The molecule has 6 nitrogen and oxygen atoms in total. The summed E-state index contributed by atoms with van der Waals surface area (Å²) < 4.78 is 29.4. The molecule has 1 aromatic heterocycles. The molecule has 32 heavy (non-hydrogen) atoms. The highest BCUT2D eigenvalue weighted by Crippen LogP contribution is 2.31. The van der Waals surface area contributed by atoms with Crippen LogP contribution in [0, 0.1) is 23.0 Å². The summed E-state index contributed by atoms with van der Waals surface area (Å²) in [6.45, 7) is 2.79. The number of fused-ring (bicyclic) bond motifs is 3. The summed E-state index contributed by atoms with van der Waals surface area (Å²) in [5.74, 6) is -0.909. The molecule has 1 fully saturated rings. The van der Waals surface area contributed by atoms with Crippen molar-refractivity contribution in [2.75, 3.05) is 36.4 Å². The van der Waals surface area contributed by atoms with Gasteiger partial charge in [-0.05, 0) is 55.2 Å².